The van der Waals surface area contributed by atoms with Gasteiger partial charge in [0.25, 0.3) is 0 Å². The molecule has 0 spiro atoms. The molecule has 6 heteroatoms. The van der Waals surface area contributed by atoms with Crippen LogP contribution in [0.15, 0.2) is 0 Å². The average Bonchev–Trinajstić information content (AvgIpc) is 2.98. The predicted molar refractivity (Wildman–Crippen MR) is 86.2 cm³/mol. The maximum Gasteiger partial charge on any atom is 0.240 e. The third-order valence-electron chi connectivity index (χ3n) is 5.25. The first-order valence-electron chi connectivity index (χ1n) is 8.49. The molecule has 2 amide bonds. The molecule has 0 aromatic carbocycles. The summed E-state index contributed by atoms with van der Waals surface area (Å²) < 4.78 is 0. The molecular formula is C16H30N4O2. The second-order valence-electron chi connectivity index (χ2n) is 6.70. The summed E-state index contributed by atoms with van der Waals surface area (Å²) in [6, 6.07) is -0.391. The van der Waals surface area contributed by atoms with Crippen LogP contribution in [0, 0.1) is 5.92 Å². The van der Waals surface area contributed by atoms with Gasteiger partial charge in [0.15, 0.2) is 0 Å². The summed E-state index contributed by atoms with van der Waals surface area (Å²) in [7, 11) is 2.01. The Morgan fingerprint density at radius 3 is 2.23 bits per heavy atom. The molecule has 0 aromatic rings. The molecule has 3 unspecified atom stereocenters. The van der Waals surface area contributed by atoms with E-state index in [1.54, 1.807) is 0 Å². The minimum Gasteiger partial charge on any atom is -0.338 e. The molecule has 6 nitrogen and oxygen atoms in total. The molecule has 0 aromatic heterocycles. The van der Waals surface area contributed by atoms with Crippen LogP contribution in [-0.4, -0.2) is 78.4 Å². The zero-order valence-electron chi connectivity index (χ0n) is 14.1. The van der Waals surface area contributed by atoms with Gasteiger partial charge < -0.3 is 15.5 Å². The van der Waals surface area contributed by atoms with Gasteiger partial charge in [0.05, 0.1) is 12.1 Å². The number of hydrogen-bond donors (Lipinski definition) is 1. The highest BCUT2D eigenvalue weighted by molar-refractivity contribution is 5.84. The lowest BCUT2D eigenvalue weighted by atomic mass is 9.98. The lowest BCUT2D eigenvalue weighted by molar-refractivity contribution is -0.143. The highest BCUT2D eigenvalue weighted by atomic mass is 16.2. The topological polar surface area (TPSA) is 69.9 Å². The molecule has 2 fully saturated rings. The molecule has 2 aliphatic heterocycles. The maximum absolute atomic E-state index is 12.5. The van der Waals surface area contributed by atoms with Crippen molar-refractivity contribution in [2.45, 2.75) is 45.2 Å². The maximum atomic E-state index is 12.5. The Morgan fingerprint density at radius 2 is 1.73 bits per heavy atom. The number of hydrogen-bond acceptors (Lipinski definition) is 4. The van der Waals surface area contributed by atoms with Gasteiger partial charge in [-0.25, -0.2) is 0 Å². The van der Waals surface area contributed by atoms with Crippen molar-refractivity contribution in [3.05, 3.63) is 0 Å². The average molecular weight is 310 g/mol. The van der Waals surface area contributed by atoms with E-state index in [1.165, 1.54) is 0 Å². The monoisotopic (exact) mass is 310 g/mol. The van der Waals surface area contributed by atoms with E-state index in [2.05, 4.69) is 4.90 Å². The molecule has 2 aliphatic rings. The van der Waals surface area contributed by atoms with Crippen molar-refractivity contribution in [3.63, 3.8) is 0 Å². The summed E-state index contributed by atoms with van der Waals surface area (Å²) in [4.78, 5) is 30.8. The van der Waals surface area contributed by atoms with Crippen molar-refractivity contribution >= 4 is 11.8 Å². The smallest absolute Gasteiger partial charge is 0.240 e. The number of carbonyl (C=O) groups excluding carboxylic acids is 2. The van der Waals surface area contributed by atoms with Crippen molar-refractivity contribution in [1.82, 2.24) is 14.7 Å². The molecule has 2 saturated heterocycles. The van der Waals surface area contributed by atoms with Gasteiger partial charge in [-0.3, -0.25) is 14.5 Å². The largest absolute Gasteiger partial charge is 0.338 e. The van der Waals surface area contributed by atoms with Crippen LogP contribution in [0.1, 0.15) is 33.1 Å². The molecule has 0 saturated carbocycles. The highest BCUT2D eigenvalue weighted by Crippen LogP contribution is 2.18. The summed E-state index contributed by atoms with van der Waals surface area (Å²) in [5, 5.41) is 0. The number of likely N-dealkylation sites (N-methyl/N-ethyl adjacent to an activating group) is 1. The van der Waals surface area contributed by atoms with Gasteiger partial charge in [-0.2, -0.15) is 0 Å². The number of piperazine rings is 1. The second-order valence-corrected chi connectivity index (χ2v) is 6.70. The van der Waals surface area contributed by atoms with E-state index in [-0.39, 0.29) is 23.8 Å². The van der Waals surface area contributed by atoms with E-state index in [9.17, 15) is 9.59 Å². The molecule has 2 rings (SSSR count). The summed E-state index contributed by atoms with van der Waals surface area (Å²) in [5.74, 6) is 0.442. The van der Waals surface area contributed by atoms with Crippen LogP contribution in [0.3, 0.4) is 0 Å². The fraction of sp³-hybridized carbons (Fsp3) is 0.875. The van der Waals surface area contributed by atoms with Crippen LogP contribution in [0.4, 0.5) is 0 Å². The minimum absolute atomic E-state index is 0.0273. The number of nitrogens with two attached hydrogens (primary N) is 1. The van der Waals surface area contributed by atoms with Crippen LogP contribution >= 0.6 is 0 Å². The van der Waals surface area contributed by atoms with Gasteiger partial charge in [-0.15, -0.1) is 0 Å². The van der Waals surface area contributed by atoms with E-state index in [1.807, 2.05) is 30.7 Å². The summed E-state index contributed by atoms with van der Waals surface area (Å²) >= 11 is 0. The number of rotatable bonds is 4. The number of amides is 2. The summed E-state index contributed by atoms with van der Waals surface area (Å²) in [5.41, 5.74) is 6.04. The van der Waals surface area contributed by atoms with E-state index in [4.69, 9.17) is 5.73 Å². The SMILES string of the molecule is CCC(C)C(N)C(=O)N1CCN(C(=O)C2CCCN2C)CC1. The van der Waals surface area contributed by atoms with Crippen LogP contribution in [0.5, 0.6) is 0 Å². The molecule has 0 aliphatic carbocycles. The molecule has 22 heavy (non-hydrogen) atoms. The van der Waals surface area contributed by atoms with Crippen LogP contribution < -0.4 is 5.73 Å². The van der Waals surface area contributed by atoms with E-state index >= 15 is 0 Å². The van der Waals surface area contributed by atoms with Crippen molar-refractivity contribution in [3.8, 4) is 0 Å². The lowest BCUT2D eigenvalue weighted by Gasteiger charge is -2.38. The van der Waals surface area contributed by atoms with Crippen LogP contribution in [0.2, 0.25) is 0 Å². The Bertz CT molecular complexity index is 407. The quantitative estimate of drug-likeness (QED) is 0.801. The number of carbonyl (C=O) groups is 2. The standard InChI is InChI=1S/C16H30N4O2/c1-4-12(2)14(17)16(22)20-10-8-19(9-11-20)15(21)13-6-5-7-18(13)3/h12-14H,4-11,17H2,1-3H3. The Hall–Kier alpha value is -1.14. The first-order chi connectivity index (χ1) is 10.5. The second kappa shape index (κ2) is 7.42. The Labute approximate surface area is 133 Å². The number of nitrogens with zero attached hydrogens (tertiary/aromatic N) is 3. The Morgan fingerprint density at radius 1 is 1.14 bits per heavy atom. The summed E-state index contributed by atoms with van der Waals surface area (Å²) in [6.07, 6.45) is 2.95. The van der Waals surface area contributed by atoms with Gasteiger partial charge >= 0.3 is 0 Å². The van der Waals surface area contributed by atoms with Crippen molar-refractivity contribution in [2.75, 3.05) is 39.8 Å². The zero-order chi connectivity index (χ0) is 16.3. The molecule has 2 heterocycles. The zero-order valence-corrected chi connectivity index (χ0v) is 14.1. The third-order valence-corrected chi connectivity index (χ3v) is 5.25. The first kappa shape index (κ1) is 17.2. The predicted octanol–water partition coefficient (Wildman–Crippen LogP) is 0.125. The van der Waals surface area contributed by atoms with Gasteiger partial charge in [0, 0.05) is 26.2 Å². The third kappa shape index (κ3) is 3.60. The molecule has 3 atom stereocenters. The van der Waals surface area contributed by atoms with E-state index in [0.717, 1.165) is 25.8 Å². The Kier molecular flexibility index (Phi) is 5.81. The van der Waals surface area contributed by atoms with Crippen molar-refractivity contribution in [1.29, 1.82) is 0 Å². The van der Waals surface area contributed by atoms with Gasteiger partial charge in [0.2, 0.25) is 11.8 Å². The fourth-order valence-corrected chi connectivity index (χ4v) is 3.29. The minimum atomic E-state index is -0.423. The number of likely N-dealkylation sites (tertiary alicyclic amines) is 1. The lowest BCUT2D eigenvalue weighted by Crippen LogP contribution is -2.57. The van der Waals surface area contributed by atoms with Crippen molar-refractivity contribution < 1.29 is 9.59 Å². The van der Waals surface area contributed by atoms with Crippen LogP contribution in [-0.2, 0) is 9.59 Å². The molecular weight excluding hydrogens is 280 g/mol. The van der Waals surface area contributed by atoms with E-state index < -0.39 is 6.04 Å². The molecule has 126 valence electrons. The normalized spacial score (nSPS) is 26.1. The van der Waals surface area contributed by atoms with E-state index in [0.29, 0.717) is 26.2 Å². The first-order valence-corrected chi connectivity index (χ1v) is 8.49. The fourth-order valence-electron chi connectivity index (χ4n) is 3.29. The molecule has 0 bridgehead atoms. The van der Waals surface area contributed by atoms with Gasteiger partial charge in [0.1, 0.15) is 0 Å². The summed E-state index contributed by atoms with van der Waals surface area (Å²) in [6.45, 7) is 7.52. The van der Waals surface area contributed by atoms with Gasteiger partial charge in [-0.1, -0.05) is 20.3 Å². The van der Waals surface area contributed by atoms with Crippen molar-refractivity contribution in [2.24, 2.45) is 11.7 Å². The Balaban J connectivity index is 1.85. The highest BCUT2D eigenvalue weighted by Gasteiger charge is 2.34. The van der Waals surface area contributed by atoms with Crippen LogP contribution in [0.25, 0.3) is 0 Å². The molecule has 2 N–H and O–H groups in total. The molecule has 0 radical (unpaired) electrons. The van der Waals surface area contributed by atoms with Gasteiger partial charge in [-0.05, 0) is 32.4 Å².